The Morgan fingerprint density at radius 1 is 1.36 bits per heavy atom. The summed E-state index contributed by atoms with van der Waals surface area (Å²) in [5.74, 6) is -0.898. The van der Waals surface area contributed by atoms with Crippen molar-refractivity contribution < 1.29 is 19.1 Å². The summed E-state index contributed by atoms with van der Waals surface area (Å²) in [6, 6.07) is 0. The van der Waals surface area contributed by atoms with Crippen LogP contribution in [0.15, 0.2) is 22.4 Å². The molecule has 9 heteroatoms. The Morgan fingerprint density at radius 3 is 2.56 bits per heavy atom. The van der Waals surface area contributed by atoms with E-state index >= 15 is 0 Å². The number of thioether (sulfide) groups is 1. The zero-order chi connectivity index (χ0) is 19.0. The fraction of sp³-hybridized carbons (Fsp3) is 0.625. The summed E-state index contributed by atoms with van der Waals surface area (Å²) >= 11 is 18.3. The van der Waals surface area contributed by atoms with Gasteiger partial charge in [0.25, 0.3) is 0 Å². The number of nitrogens with zero attached hydrogens (tertiary/aromatic N) is 1. The molecular weight excluding hydrogens is 409 g/mol. The molecule has 0 aromatic carbocycles. The first-order valence-electron chi connectivity index (χ1n) is 7.77. The highest BCUT2D eigenvalue weighted by atomic mass is 35.6. The SMILES string of the molecule is CC(C)OC(=O)C1=C2SC(C)(C)C(=CC(=O)OCC(Cl)(Cl)Cl)N2CC1. The number of rotatable bonds is 4. The Balaban J connectivity index is 2.21. The third-order valence-corrected chi connectivity index (χ3v) is 5.28. The predicted octanol–water partition coefficient (Wildman–Crippen LogP) is 4.18. The molecule has 0 spiro atoms. The molecule has 0 amide bonds. The van der Waals surface area contributed by atoms with Crippen molar-refractivity contribution in [3.8, 4) is 0 Å². The van der Waals surface area contributed by atoms with Crippen LogP contribution in [0.5, 0.6) is 0 Å². The summed E-state index contributed by atoms with van der Waals surface area (Å²) in [4.78, 5) is 26.3. The molecule has 1 saturated heterocycles. The lowest BCUT2D eigenvalue weighted by atomic mass is 10.1. The maximum Gasteiger partial charge on any atom is 0.336 e. The summed E-state index contributed by atoms with van der Waals surface area (Å²) in [5, 5.41) is 0.830. The molecule has 0 aromatic heterocycles. The van der Waals surface area contributed by atoms with Crippen molar-refractivity contribution in [3.05, 3.63) is 22.4 Å². The molecular formula is C16H20Cl3NO4S. The monoisotopic (exact) mass is 427 g/mol. The van der Waals surface area contributed by atoms with E-state index in [2.05, 4.69) is 0 Å². The van der Waals surface area contributed by atoms with E-state index < -0.39 is 14.5 Å². The fourth-order valence-electron chi connectivity index (χ4n) is 2.59. The minimum atomic E-state index is -1.65. The third kappa shape index (κ3) is 5.22. The van der Waals surface area contributed by atoms with Crippen molar-refractivity contribution in [2.24, 2.45) is 0 Å². The van der Waals surface area contributed by atoms with Gasteiger partial charge in [0.15, 0.2) is 0 Å². The van der Waals surface area contributed by atoms with Crippen LogP contribution in [0.25, 0.3) is 0 Å². The second-order valence-corrected chi connectivity index (χ2v) is 10.6. The van der Waals surface area contributed by atoms with E-state index in [4.69, 9.17) is 44.3 Å². The van der Waals surface area contributed by atoms with E-state index in [1.165, 1.54) is 17.8 Å². The van der Waals surface area contributed by atoms with E-state index in [0.29, 0.717) is 18.5 Å². The Kier molecular flexibility index (Phi) is 6.30. The largest absolute Gasteiger partial charge is 0.460 e. The molecule has 0 aliphatic carbocycles. The maximum absolute atomic E-state index is 12.3. The second-order valence-electron chi connectivity index (χ2n) is 6.50. The number of halogens is 3. The van der Waals surface area contributed by atoms with Crippen molar-refractivity contribution in [2.45, 2.75) is 48.8 Å². The lowest BCUT2D eigenvalue weighted by Gasteiger charge is -2.22. The van der Waals surface area contributed by atoms with Gasteiger partial charge >= 0.3 is 11.9 Å². The van der Waals surface area contributed by atoms with E-state index in [-0.39, 0.29) is 18.7 Å². The van der Waals surface area contributed by atoms with Gasteiger partial charge in [0.1, 0.15) is 6.61 Å². The van der Waals surface area contributed by atoms with Gasteiger partial charge in [0.2, 0.25) is 3.79 Å². The Hall–Kier alpha value is -0.560. The molecule has 0 bridgehead atoms. The maximum atomic E-state index is 12.3. The number of carbonyl (C=O) groups excluding carboxylic acids is 2. The Bertz CT molecular complexity index is 638. The van der Waals surface area contributed by atoms with Crippen LogP contribution in [-0.2, 0) is 19.1 Å². The molecule has 140 valence electrons. The van der Waals surface area contributed by atoms with Gasteiger partial charge in [-0.15, -0.1) is 0 Å². The minimum absolute atomic E-state index is 0.180. The first-order valence-corrected chi connectivity index (χ1v) is 9.72. The van der Waals surface area contributed by atoms with Crippen LogP contribution in [0.2, 0.25) is 0 Å². The number of ether oxygens (including phenoxy) is 2. The van der Waals surface area contributed by atoms with Crippen LogP contribution in [-0.4, -0.2) is 44.6 Å². The fourth-order valence-corrected chi connectivity index (χ4v) is 4.12. The van der Waals surface area contributed by atoms with Gasteiger partial charge in [-0.3, -0.25) is 0 Å². The molecule has 0 saturated carbocycles. The number of hydrogen-bond donors (Lipinski definition) is 0. The highest BCUT2D eigenvalue weighted by molar-refractivity contribution is 8.04. The van der Waals surface area contributed by atoms with Gasteiger partial charge in [-0.05, 0) is 27.7 Å². The molecule has 5 nitrogen and oxygen atoms in total. The number of alkyl halides is 3. The molecule has 1 fully saturated rings. The van der Waals surface area contributed by atoms with Gasteiger partial charge in [-0.2, -0.15) is 0 Å². The number of carbonyl (C=O) groups is 2. The van der Waals surface area contributed by atoms with Gasteiger partial charge in [-0.25, -0.2) is 9.59 Å². The van der Waals surface area contributed by atoms with Crippen molar-refractivity contribution in [1.29, 1.82) is 0 Å². The summed E-state index contributed by atoms with van der Waals surface area (Å²) in [5.41, 5.74) is 1.40. The topological polar surface area (TPSA) is 55.8 Å². The van der Waals surface area contributed by atoms with Gasteiger partial charge < -0.3 is 14.4 Å². The lowest BCUT2D eigenvalue weighted by molar-refractivity contribution is -0.142. The van der Waals surface area contributed by atoms with Crippen molar-refractivity contribution in [1.82, 2.24) is 4.90 Å². The molecule has 0 atom stereocenters. The van der Waals surface area contributed by atoms with Crippen LogP contribution in [0, 0.1) is 0 Å². The standard InChI is InChI=1S/C16H20Cl3NO4S/c1-9(2)24-14(22)10-5-6-20-11(15(3,4)25-13(10)20)7-12(21)23-8-16(17,18)19/h7,9H,5-6,8H2,1-4H3. The van der Waals surface area contributed by atoms with E-state index in [0.717, 1.165) is 10.7 Å². The second kappa shape index (κ2) is 7.59. The molecule has 2 rings (SSSR count). The number of esters is 2. The first kappa shape index (κ1) is 20.7. The molecule has 25 heavy (non-hydrogen) atoms. The minimum Gasteiger partial charge on any atom is -0.460 e. The smallest absolute Gasteiger partial charge is 0.336 e. The highest BCUT2D eigenvalue weighted by Crippen LogP contribution is 2.53. The Labute approximate surface area is 166 Å². The predicted molar refractivity (Wildman–Crippen MR) is 101 cm³/mol. The van der Waals surface area contributed by atoms with Crippen molar-refractivity contribution in [3.63, 3.8) is 0 Å². The summed E-state index contributed by atoms with van der Waals surface area (Å²) < 4.78 is 8.25. The van der Waals surface area contributed by atoms with Crippen LogP contribution >= 0.6 is 46.6 Å². The van der Waals surface area contributed by atoms with Gasteiger partial charge in [0, 0.05) is 24.7 Å². The van der Waals surface area contributed by atoms with Gasteiger partial charge in [0.05, 0.1) is 21.5 Å². The molecule has 2 heterocycles. The number of fused-ring (bicyclic) bond motifs is 1. The average molecular weight is 429 g/mol. The number of hydrogen-bond acceptors (Lipinski definition) is 6. The first-order chi connectivity index (χ1) is 11.4. The lowest BCUT2D eigenvalue weighted by Crippen LogP contribution is -2.25. The van der Waals surface area contributed by atoms with Crippen LogP contribution < -0.4 is 0 Å². The van der Waals surface area contributed by atoms with Crippen molar-refractivity contribution >= 4 is 58.5 Å². The normalized spacial score (nSPS) is 21.1. The van der Waals surface area contributed by atoms with E-state index in [1.54, 1.807) is 0 Å². The van der Waals surface area contributed by atoms with Gasteiger partial charge in [-0.1, -0.05) is 46.6 Å². The molecule has 0 aromatic rings. The zero-order valence-corrected chi connectivity index (χ0v) is 17.5. The van der Waals surface area contributed by atoms with E-state index in [1.807, 2.05) is 32.6 Å². The summed E-state index contributed by atoms with van der Waals surface area (Å²) in [7, 11) is 0. The van der Waals surface area contributed by atoms with E-state index in [9.17, 15) is 9.59 Å². The average Bonchev–Trinajstić information content (AvgIpc) is 2.92. The molecule has 0 unspecified atom stereocenters. The summed E-state index contributed by atoms with van der Waals surface area (Å²) in [6.45, 7) is 7.85. The molecule has 2 aliphatic rings. The van der Waals surface area contributed by atoms with Crippen LogP contribution in [0.4, 0.5) is 0 Å². The molecule has 0 radical (unpaired) electrons. The van der Waals surface area contributed by atoms with Crippen LogP contribution in [0.3, 0.4) is 0 Å². The quantitative estimate of drug-likeness (QED) is 0.380. The third-order valence-electron chi connectivity index (χ3n) is 3.57. The highest BCUT2D eigenvalue weighted by Gasteiger charge is 2.45. The Morgan fingerprint density at radius 2 is 2.00 bits per heavy atom. The van der Waals surface area contributed by atoms with Crippen LogP contribution in [0.1, 0.15) is 34.1 Å². The van der Waals surface area contributed by atoms with Crippen molar-refractivity contribution in [2.75, 3.05) is 13.2 Å². The molecule has 2 aliphatic heterocycles. The molecule has 0 N–H and O–H groups in total. The summed E-state index contributed by atoms with van der Waals surface area (Å²) in [6.07, 6.45) is 1.79. The zero-order valence-electron chi connectivity index (χ0n) is 14.4.